The van der Waals surface area contributed by atoms with Gasteiger partial charge in [-0.15, -0.1) is 0 Å². The number of fused-ring (bicyclic) bond motifs is 14. The van der Waals surface area contributed by atoms with Crippen LogP contribution in [-0.4, -0.2) is 9.13 Å². The minimum Gasteiger partial charge on any atom is -0.309 e. The molecule has 3 heteroatoms. The third-order valence-corrected chi connectivity index (χ3v) is 13.9. The summed E-state index contributed by atoms with van der Waals surface area (Å²) in [5, 5.41) is 5.10. The predicted octanol–water partition coefficient (Wildman–Crippen LogP) is 14.4. The van der Waals surface area contributed by atoms with Gasteiger partial charge in [0.1, 0.15) is 0 Å². The number of nitrogens with zero attached hydrogens (tertiary/aromatic N) is 2. The average molecular weight is 755 g/mol. The third-order valence-electron chi connectivity index (χ3n) is 12.7. The van der Waals surface area contributed by atoms with E-state index >= 15 is 0 Å². The molecule has 0 saturated heterocycles. The Morgan fingerprint density at radius 1 is 0.328 bits per heavy atom. The fourth-order valence-electron chi connectivity index (χ4n) is 10.4. The number of hydrogen-bond acceptors (Lipinski definition) is 1. The minimum absolute atomic E-state index is 0.561. The van der Waals surface area contributed by atoms with Crippen molar-refractivity contribution in [1.29, 1.82) is 0 Å². The third kappa shape index (κ3) is 4.23. The van der Waals surface area contributed by atoms with Crippen LogP contribution in [0.2, 0.25) is 0 Å². The molecule has 2 aliphatic heterocycles. The van der Waals surface area contributed by atoms with Crippen LogP contribution in [0.1, 0.15) is 22.3 Å². The molecule has 1 atom stereocenters. The van der Waals surface area contributed by atoms with Crippen LogP contribution < -0.4 is 0 Å². The van der Waals surface area contributed by atoms with Crippen molar-refractivity contribution in [2.45, 2.75) is 15.2 Å². The quantitative estimate of drug-likeness (QED) is 0.175. The number of aromatic nitrogens is 2. The van der Waals surface area contributed by atoms with Gasteiger partial charge in [0.2, 0.25) is 0 Å². The minimum atomic E-state index is -0.561. The molecular weight excluding hydrogens is 721 g/mol. The van der Waals surface area contributed by atoms with Gasteiger partial charge in [0.15, 0.2) is 0 Å². The Kier molecular flexibility index (Phi) is 6.62. The molecule has 1 spiro atoms. The zero-order valence-electron chi connectivity index (χ0n) is 31.4. The summed E-state index contributed by atoms with van der Waals surface area (Å²) in [7, 11) is 0. The summed E-state index contributed by atoms with van der Waals surface area (Å²) in [4.78, 5) is 2.60. The van der Waals surface area contributed by atoms with E-state index in [1.807, 2.05) is 11.8 Å². The molecule has 0 fully saturated rings. The van der Waals surface area contributed by atoms with E-state index in [-0.39, 0.29) is 0 Å². The maximum absolute atomic E-state index is 2.55. The first-order valence-electron chi connectivity index (χ1n) is 20.0. The highest BCUT2D eigenvalue weighted by Gasteiger charge is 2.49. The zero-order valence-corrected chi connectivity index (χ0v) is 32.2. The number of para-hydroxylation sites is 4. The van der Waals surface area contributed by atoms with Crippen LogP contribution in [0.5, 0.6) is 0 Å². The van der Waals surface area contributed by atoms with E-state index < -0.39 is 5.41 Å². The molecule has 1 unspecified atom stereocenters. The Bertz CT molecular complexity index is 3430. The van der Waals surface area contributed by atoms with Gasteiger partial charge >= 0.3 is 0 Å². The summed E-state index contributed by atoms with van der Waals surface area (Å²) in [5.74, 6) is 0. The predicted molar refractivity (Wildman–Crippen MR) is 242 cm³/mol. The van der Waals surface area contributed by atoms with Crippen molar-refractivity contribution in [1.82, 2.24) is 9.13 Å². The van der Waals surface area contributed by atoms with Gasteiger partial charge in [-0.25, -0.2) is 0 Å². The molecule has 2 nitrogen and oxygen atoms in total. The Morgan fingerprint density at radius 2 is 0.897 bits per heavy atom. The SMILES string of the molecule is c1ccc(-c2cc(-c3ccccc3)cc(-n3c4ccccc4c4cc5c(cc43)C3(c4ccccc4S5)c4ccccc4-n4c5ccccc5c5cccc3c54)c2)cc1. The zero-order chi connectivity index (χ0) is 38.0. The summed E-state index contributed by atoms with van der Waals surface area (Å²) in [6, 6.07) is 76.9. The molecular formula is C55H34N2S. The van der Waals surface area contributed by atoms with Crippen molar-refractivity contribution in [3.8, 4) is 33.6 Å². The summed E-state index contributed by atoms with van der Waals surface area (Å²) < 4.78 is 5.05. The lowest BCUT2D eigenvalue weighted by atomic mass is 9.62. The second-order valence-electron chi connectivity index (χ2n) is 15.6. The molecule has 0 bridgehead atoms. The largest absolute Gasteiger partial charge is 0.309 e. The fraction of sp³-hybridized carbons (Fsp3) is 0.0182. The first kappa shape index (κ1) is 32.1. The van der Waals surface area contributed by atoms with Gasteiger partial charge in [-0.1, -0.05) is 163 Å². The van der Waals surface area contributed by atoms with Crippen LogP contribution in [0.25, 0.3) is 77.2 Å². The lowest BCUT2D eigenvalue weighted by Crippen LogP contribution is -2.37. The molecule has 0 N–H and O–H groups in total. The van der Waals surface area contributed by atoms with Gasteiger partial charge in [-0.05, 0) is 99.1 Å². The molecule has 4 heterocycles. The van der Waals surface area contributed by atoms with Crippen molar-refractivity contribution in [3.63, 3.8) is 0 Å². The van der Waals surface area contributed by atoms with Crippen molar-refractivity contribution < 1.29 is 0 Å². The molecule has 270 valence electrons. The van der Waals surface area contributed by atoms with E-state index in [1.165, 1.54) is 104 Å². The van der Waals surface area contributed by atoms with Crippen LogP contribution >= 0.6 is 11.8 Å². The number of hydrogen-bond donors (Lipinski definition) is 0. The molecule has 2 aliphatic rings. The van der Waals surface area contributed by atoms with Crippen LogP contribution in [-0.2, 0) is 5.41 Å². The number of benzene rings is 9. The lowest BCUT2D eigenvalue weighted by Gasteiger charge is -2.45. The maximum Gasteiger partial charge on any atom is 0.0765 e. The standard InChI is InChI=1S/C55H34N2S/c1-3-16-35(17-4-1)37-30-38(36-18-5-2-6-19-36)32-39(31-37)56-48-26-11-8-21-41(48)43-33-53-47(34-51(43)56)55(45-24-10-14-29-52(45)58-53)44-23-9-13-28-50(44)57-49-27-12-7-20-40(49)42-22-15-25-46(55)54(42)57/h1-34H. The van der Waals surface area contributed by atoms with Crippen LogP contribution in [0.15, 0.2) is 216 Å². The average Bonchev–Trinajstić information content (AvgIpc) is 3.81. The van der Waals surface area contributed by atoms with Crippen molar-refractivity contribution in [2.24, 2.45) is 0 Å². The summed E-state index contributed by atoms with van der Waals surface area (Å²) >= 11 is 1.91. The normalized spacial score (nSPS) is 15.2. The summed E-state index contributed by atoms with van der Waals surface area (Å²) in [6.45, 7) is 0. The van der Waals surface area contributed by atoms with Crippen molar-refractivity contribution >= 4 is 55.4 Å². The van der Waals surface area contributed by atoms with E-state index in [2.05, 4.69) is 215 Å². The second kappa shape index (κ2) is 12.0. The van der Waals surface area contributed by atoms with Crippen LogP contribution in [0.3, 0.4) is 0 Å². The second-order valence-corrected chi connectivity index (χ2v) is 16.7. The van der Waals surface area contributed by atoms with Crippen molar-refractivity contribution in [2.75, 3.05) is 0 Å². The molecule has 0 aliphatic carbocycles. The van der Waals surface area contributed by atoms with Gasteiger partial charge in [-0.2, -0.15) is 0 Å². The maximum atomic E-state index is 2.55. The molecule has 9 aromatic carbocycles. The van der Waals surface area contributed by atoms with Crippen molar-refractivity contribution in [3.05, 3.63) is 229 Å². The smallest absolute Gasteiger partial charge is 0.0765 e. The Morgan fingerprint density at radius 3 is 1.64 bits per heavy atom. The van der Waals surface area contributed by atoms with E-state index in [4.69, 9.17) is 0 Å². The van der Waals surface area contributed by atoms with Gasteiger partial charge in [0.05, 0.1) is 33.2 Å². The molecule has 2 aromatic heterocycles. The van der Waals surface area contributed by atoms with Gasteiger partial charge in [0.25, 0.3) is 0 Å². The molecule has 0 saturated carbocycles. The highest BCUT2D eigenvalue weighted by atomic mass is 32.2. The lowest BCUT2D eigenvalue weighted by molar-refractivity contribution is 0.690. The Hall–Kier alpha value is -7.07. The first-order chi connectivity index (χ1) is 28.8. The Labute approximate surface area is 340 Å². The highest BCUT2D eigenvalue weighted by molar-refractivity contribution is 7.99. The molecule has 11 aromatic rings. The summed E-state index contributed by atoms with van der Waals surface area (Å²) in [6.07, 6.45) is 0. The van der Waals surface area contributed by atoms with Gasteiger partial charge < -0.3 is 9.13 Å². The summed E-state index contributed by atoms with van der Waals surface area (Å²) in [5.41, 5.74) is 16.9. The van der Waals surface area contributed by atoms with E-state index in [1.54, 1.807) is 0 Å². The fourth-order valence-corrected chi connectivity index (χ4v) is 11.6. The molecule has 0 amide bonds. The van der Waals surface area contributed by atoms with Crippen LogP contribution in [0, 0.1) is 0 Å². The topological polar surface area (TPSA) is 9.86 Å². The number of rotatable bonds is 3. The van der Waals surface area contributed by atoms with E-state index in [0.29, 0.717) is 0 Å². The first-order valence-corrected chi connectivity index (χ1v) is 20.8. The van der Waals surface area contributed by atoms with Crippen LogP contribution in [0.4, 0.5) is 0 Å². The highest BCUT2D eigenvalue weighted by Crippen LogP contribution is 2.61. The van der Waals surface area contributed by atoms with E-state index in [0.717, 1.165) is 5.69 Å². The monoisotopic (exact) mass is 754 g/mol. The molecule has 13 rings (SSSR count). The van der Waals surface area contributed by atoms with Gasteiger partial charge in [-0.3, -0.25) is 0 Å². The molecule has 0 radical (unpaired) electrons. The molecule has 58 heavy (non-hydrogen) atoms. The Balaban J connectivity index is 1.18. The van der Waals surface area contributed by atoms with Gasteiger partial charge in [0, 0.05) is 37.0 Å². The van der Waals surface area contributed by atoms with E-state index in [9.17, 15) is 0 Å².